The number of para-hydroxylation sites is 1. The summed E-state index contributed by atoms with van der Waals surface area (Å²) in [7, 11) is 0. The average Bonchev–Trinajstić information content (AvgIpc) is 2.69. The van der Waals surface area contributed by atoms with Gasteiger partial charge < -0.3 is 10.6 Å². The van der Waals surface area contributed by atoms with Gasteiger partial charge in [-0.1, -0.05) is 45.0 Å². The predicted molar refractivity (Wildman–Crippen MR) is 127 cm³/mol. The molecule has 31 heavy (non-hydrogen) atoms. The summed E-state index contributed by atoms with van der Waals surface area (Å²) in [5.41, 5.74) is 6.84. The maximum Gasteiger partial charge on any atom is 0.229 e. The monoisotopic (exact) mass is 414 g/mol. The van der Waals surface area contributed by atoms with Gasteiger partial charge in [-0.15, -0.1) is 0 Å². The summed E-state index contributed by atoms with van der Waals surface area (Å²) in [4.78, 5) is 22.6. The molecule has 0 saturated carbocycles. The van der Waals surface area contributed by atoms with Crippen molar-refractivity contribution in [3.63, 3.8) is 0 Å². The minimum Gasteiger partial charge on any atom is -0.339 e. The maximum absolute atomic E-state index is 13.1. The predicted octanol–water partition coefficient (Wildman–Crippen LogP) is 6.30. The molecule has 0 fully saturated rings. The molecular formula is C26H30N4O. The Kier molecular flexibility index (Phi) is 5.52. The Balaban J connectivity index is 1.79. The smallest absolute Gasteiger partial charge is 0.229 e. The van der Waals surface area contributed by atoms with Crippen LogP contribution in [0.4, 0.5) is 23.1 Å². The fraction of sp³-hybridized carbons (Fsp3) is 0.346. The number of carbonyl (C=O) groups excluding carboxylic acids is 1. The number of anilines is 4. The van der Waals surface area contributed by atoms with E-state index in [-0.39, 0.29) is 11.2 Å². The molecule has 1 aliphatic carbocycles. The Morgan fingerprint density at radius 2 is 1.74 bits per heavy atom. The van der Waals surface area contributed by atoms with Gasteiger partial charge in [0.15, 0.2) is 5.78 Å². The van der Waals surface area contributed by atoms with Crippen molar-refractivity contribution < 1.29 is 4.79 Å². The van der Waals surface area contributed by atoms with Crippen LogP contribution < -0.4 is 10.6 Å². The van der Waals surface area contributed by atoms with E-state index in [4.69, 9.17) is 9.97 Å². The molecule has 0 unspecified atom stereocenters. The lowest BCUT2D eigenvalue weighted by Gasteiger charge is -2.30. The second-order valence-corrected chi connectivity index (χ2v) is 9.22. The van der Waals surface area contributed by atoms with E-state index in [1.807, 2.05) is 24.3 Å². The zero-order valence-electron chi connectivity index (χ0n) is 19.0. The standard InChI is InChI=1S/C26H30N4O/c1-6-18-9-7-8-10-20(18)28-24-23-21(14-26(4,5)15-22(23)31)29-25(30-24)27-19-12-11-16(2)17(3)13-19/h7-13H,6,14-15H2,1-5H3,(H2,27,28,29,30). The van der Waals surface area contributed by atoms with Gasteiger partial charge in [0.25, 0.3) is 0 Å². The van der Waals surface area contributed by atoms with E-state index in [9.17, 15) is 4.79 Å². The first kappa shape index (κ1) is 21.0. The summed E-state index contributed by atoms with van der Waals surface area (Å²) < 4.78 is 0. The van der Waals surface area contributed by atoms with Crippen LogP contribution in [0, 0.1) is 19.3 Å². The number of nitrogens with one attached hydrogen (secondary N) is 2. The lowest BCUT2D eigenvalue weighted by Crippen LogP contribution is -2.29. The van der Waals surface area contributed by atoms with Gasteiger partial charge in [0.05, 0.1) is 11.3 Å². The van der Waals surface area contributed by atoms with Crippen LogP contribution in [0.15, 0.2) is 42.5 Å². The third-order valence-corrected chi connectivity index (χ3v) is 5.96. The molecule has 0 saturated heterocycles. The van der Waals surface area contributed by atoms with Crippen molar-refractivity contribution in [3.8, 4) is 0 Å². The molecule has 5 nitrogen and oxygen atoms in total. The Morgan fingerprint density at radius 1 is 0.968 bits per heavy atom. The third-order valence-electron chi connectivity index (χ3n) is 5.96. The normalized spacial score (nSPS) is 14.8. The third kappa shape index (κ3) is 4.46. The quantitative estimate of drug-likeness (QED) is 0.513. The summed E-state index contributed by atoms with van der Waals surface area (Å²) in [5.74, 6) is 1.18. The highest BCUT2D eigenvalue weighted by Gasteiger charge is 2.35. The van der Waals surface area contributed by atoms with Crippen molar-refractivity contribution in [1.82, 2.24) is 9.97 Å². The first-order valence-corrected chi connectivity index (χ1v) is 10.9. The zero-order valence-corrected chi connectivity index (χ0v) is 19.0. The SMILES string of the molecule is CCc1ccccc1Nc1nc(Nc2ccc(C)c(C)c2)nc2c1C(=O)CC(C)(C)C2. The number of fused-ring (bicyclic) bond motifs is 1. The Bertz CT molecular complexity index is 1150. The number of rotatable bonds is 5. The fourth-order valence-corrected chi connectivity index (χ4v) is 4.14. The second kappa shape index (κ2) is 8.14. The molecule has 0 amide bonds. The van der Waals surface area contributed by atoms with E-state index in [0.717, 1.165) is 29.9 Å². The van der Waals surface area contributed by atoms with E-state index >= 15 is 0 Å². The van der Waals surface area contributed by atoms with Crippen LogP contribution in [0.5, 0.6) is 0 Å². The van der Waals surface area contributed by atoms with Crippen molar-refractivity contribution in [2.45, 2.75) is 53.9 Å². The summed E-state index contributed by atoms with van der Waals surface area (Å²) in [6.45, 7) is 10.5. The molecule has 0 aliphatic heterocycles. The zero-order chi connectivity index (χ0) is 22.2. The first-order valence-electron chi connectivity index (χ1n) is 10.9. The van der Waals surface area contributed by atoms with E-state index < -0.39 is 0 Å². The van der Waals surface area contributed by atoms with E-state index in [2.05, 4.69) is 63.5 Å². The van der Waals surface area contributed by atoms with Crippen molar-refractivity contribution >= 4 is 28.9 Å². The molecule has 1 aliphatic rings. The molecule has 0 bridgehead atoms. The molecule has 2 aromatic carbocycles. The number of aryl methyl sites for hydroxylation is 3. The van der Waals surface area contributed by atoms with Crippen LogP contribution in [0.25, 0.3) is 0 Å². The number of hydrogen-bond donors (Lipinski definition) is 2. The molecule has 0 spiro atoms. The number of Topliss-reactive ketones (excluding diaryl/α,β-unsaturated/α-hetero) is 1. The minimum atomic E-state index is -0.116. The van der Waals surface area contributed by atoms with Gasteiger partial charge in [0, 0.05) is 17.8 Å². The molecule has 2 N–H and O–H groups in total. The highest BCUT2D eigenvalue weighted by Crippen LogP contribution is 2.38. The van der Waals surface area contributed by atoms with Gasteiger partial charge >= 0.3 is 0 Å². The Hall–Kier alpha value is -3.21. The van der Waals surface area contributed by atoms with Crippen molar-refractivity contribution in [3.05, 3.63) is 70.4 Å². The fourth-order valence-electron chi connectivity index (χ4n) is 4.14. The van der Waals surface area contributed by atoms with Gasteiger partial charge in [-0.3, -0.25) is 4.79 Å². The summed E-state index contributed by atoms with van der Waals surface area (Å²) in [5, 5.41) is 6.79. The Labute approximate surface area is 184 Å². The van der Waals surface area contributed by atoms with E-state index in [1.165, 1.54) is 16.7 Å². The maximum atomic E-state index is 13.1. The van der Waals surface area contributed by atoms with Crippen LogP contribution in [0.1, 0.15) is 59.9 Å². The molecule has 0 atom stereocenters. The molecular weight excluding hydrogens is 384 g/mol. The molecule has 4 rings (SSSR count). The first-order chi connectivity index (χ1) is 14.8. The van der Waals surface area contributed by atoms with Gasteiger partial charge in [-0.25, -0.2) is 4.98 Å². The van der Waals surface area contributed by atoms with Crippen molar-refractivity contribution in [2.75, 3.05) is 10.6 Å². The average molecular weight is 415 g/mol. The highest BCUT2D eigenvalue weighted by atomic mass is 16.1. The molecule has 3 aromatic rings. The summed E-state index contributed by atoms with van der Waals surface area (Å²) in [6, 6.07) is 14.3. The Morgan fingerprint density at radius 3 is 2.48 bits per heavy atom. The summed E-state index contributed by atoms with van der Waals surface area (Å²) >= 11 is 0. The second-order valence-electron chi connectivity index (χ2n) is 9.22. The van der Waals surface area contributed by atoms with Crippen LogP contribution in [-0.4, -0.2) is 15.8 Å². The minimum absolute atomic E-state index is 0.0976. The number of aromatic nitrogens is 2. The number of ketones is 1. The van der Waals surface area contributed by atoms with Gasteiger partial charge in [0.1, 0.15) is 5.82 Å². The lowest BCUT2D eigenvalue weighted by molar-refractivity contribution is 0.0911. The lowest BCUT2D eigenvalue weighted by atomic mass is 9.75. The molecule has 160 valence electrons. The topological polar surface area (TPSA) is 66.9 Å². The van der Waals surface area contributed by atoms with E-state index in [0.29, 0.717) is 23.8 Å². The van der Waals surface area contributed by atoms with Crippen LogP contribution in [-0.2, 0) is 12.8 Å². The van der Waals surface area contributed by atoms with Crippen molar-refractivity contribution in [1.29, 1.82) is 0 Å². The van der Waals surface area contributed by atoms with Gasteiger partial charge in [0.2, 0.25) is 5.95 Å². The van der Waals surface area contributed by atoms with Gasteiger partial charge in [-0.05, 0) is 67.0 Å². The van der Waals surface area contributed by atoms with E-state index in [1.54, 1.807) is 0 Å². The summed E-state index contributed by atoms with van der Waals surface area (Å²) in [6.07, 6.45) is 2.13. The largest absolute Gasteiger partial charge is 0.339 e. The van der Waals surface area contributed by atoms with Gasteiger partial charge in [-0.2, -0.15) is 4.98 Å². The number of hydrogen-bond acceptors (Lipinski definition) is 5. The van der Waals surface area contributed by atoms with Crippen LogP contribution >= 0.6 is 0 Å². The molecule has 1 heterocycles. The highest BCUT2D eigenvalue weighted by molar-refractivity contribution is 6.03. The number of carbonyl (C=O) groups is 1. The molecule has 1 aromatic heterocycles. The molecule has 0 radical (unpaired) electrons. The number of benzene rings is 2. The van der Waals surface area contributed by atoms with Crippen LogP contribution in [0.2, 0.25) is 0 Å². The van der Waals surface area contributed by atoms with Crippen LogP contribution in [0.3, 0.4) is 0 Å². The van der Waals surface area contributed by atoms with Crippen molar-refractivity contribution in [2.24, 2.45) is 5.41 Å². The number of nitrogens with zero attached hydrogens (tertiary/aromatic N) is 2. The molecule has 5 heteroatoms.